The van der Waals surface area contributed by atoms with E-state index in [1.54, 1.807) is 0 Å². The van der Waals surface area contributed by atoms with Crippen LogP contribution in [0.4, 0.5) is 0 Å². The van der Waals surface area contributed by atoms with Gasteiger partial charge in [-0.1, -0.05) is 0 Å². The van der Waals surface area contributed by atoms with Gasteiger partial charge in [-0.25, -0.2) is 0 Å². The minimum atomic E-state index is -2.01. The molecule has 0 aromatic rings. The van der Waals surface area contributed by atoms with Crippen LogP contribution in [0.3, 0.4) is 0 Å². The number of hydrogen-bond donors (Lipinski definition) is 2. The summed E-state index contributed by atoms with van der Waals surface area (Å²) in [5.41, 5.74) is 0. The molecule has 0 aromatic carbocycles. The van der Waals surface area contributed by atoms with E-state index in [1.165, 1.54) is 0 Å². The highest BCUT2D eigenvalue weighted by Gasteiger charge is 2.05. The third-order valence-electron chi connectivity index (χ3n) is 1.48. The molecule has 5 nitrogen and oxygen atoms in total. The van der Waals surface area contributed by atoms with E-state index in [0.717, 1.165) is 26.2 Å². The average Bonchev–Trinajstić information content (AvgIpc) is 2.60. The summed E-state index contributed by atoms with van der Waals surface area (Å²) in [6, 6.07) is 0. The highest BCUT2D eigenvalue weighted by molar-refractivity contribution is 7.33. The van der Waals surface area contributed by atoms with Crippen LogP contribution in [-0.2, 0) is 13.6 Å². The molecule has 0 aromatic heterocycles. The second-order valence-corrected chi connectivity index (χ2v) is 3.52. The van der Waals surface area contributed by atoms with Gasteiger partial charge in [0.2, 0.25) is 0 Å². The van der Waals surface area contributed by atoms with Gasteiger partial charge < -0.3 is 19.7 Å². The number of piperazine rings is 1. The maximum Gasteiger partial charge on any atom is 0.319 e. The summed E-state index contributed by atoms with van der Waals surface area (Å²) in [6.45, 7) is 5.55. The summed E-state index contributed by atoms with van der Waals surface area (Å²) in [5, 5.41) is 6.44. The molecule has 2 aliphatic rings. The van der Waals surface area contributed by atoms with Crippen molar-refractivity contribution in [1.29, 1.82) is 0 Å². The van der Waals surface area contributed by atoms with E-state index >= 15 is 0 Å². The minimum absolute atomic E-state index is 0.498. The van der Waals surface area contributed by atoms with Crippen LogP contribution in [0.2, 0.25) is 0 Å². The predicted octanol–water partition coefficient (Wildman–Crippen LogP) is -0.398. The van der Waals surface area contributed by atoms with E-state index in [-0.39, 0.29) is 0 Å². The van der Waals surface area contributed by atoms with E-state index in [1.807, 2.05) is 0 Å². The van der Waals surface area contributed by atoms with Crippen LogP contribution in [0.5, 0.6) is 0 Å². The van der Waals surface area contributed by atoms with Crippen LogP contribution in [0.1, 0.15) is 0 Å². The van der Waals surface area contributed by atoms with Crippen molar-refractivity contribution in [3.8, 4) is 0 Å². The maximum atomic E-state index is 9.98. The Morgan fingerprint density at radius 2 is 1.33 bits per heavy atom. The van der Waals surface area contributed by atoms with Gasteiger partial charge in [-0.05, 0) is 0 Å². The Morgan fingerprint density at radius 1 is 0.917 bits per heavy atom. The van der Waals surface area contributed by atoms with Crippen molar-refractivity contribution >= 4 is 8.25 Å². The van der Waals surface area contributed by atoms with Gasteiger partial charge in [-0.3, -0.25) is 4.57 Å². The molecule has 0 bridgehead atoms. The molecule has 0 spiro atoms. The van der Waals surface area contributed by atoms with Crippen LogP contribution in [0.15, 0.2) is 0 Å². The summed E-state index contributed by atoms with van der Waals surface area (Å²) >= 11 is 0. The van der Waals surface area contributed by atoms with E-state index in [4.69, 9.17) is 0 Å². The summed E-state index contributed by atoms with van der Waals surface area (Å²) in [6.07, 6.45) is 0. The van der Waals surface area contributed by atoms with E-state index in [0.29, 0.717) is 13.2 Å². The SMILES string of the molecule is C1CNCCN1.O=[PH]1OCCO1. The molecule has 2 aliphatic heterocycles. The molecule has 0 aliphatic carbocycles. The smallest absolute Gasteiger partial charge is 0.314 e. The van der Waals surface area contributed by atoms with Crippen molar-refractivity contribution in [1.82, 2.24) is 10.6 Å². The monoisotopic (exact) mass is 194 g/mol. The molecular weight excluding hydrogens is 179 g/mol. The minimum Gasteiger partial charge on any atom is -0.314 e. The summed E-state index contributed by atoms with van der Waals surface area (Å²) in [4.78, 5) is 0. The maximum absolute atomic E-state index is 9.98. The second-order valence-electron chi connectivity index (χ2n) is 2.45. The molecule has 2 fully saturated rings. The van der Waals surface area contributed by atoms with Gasteiger partial charge in [0.25, 0.3) is 0 Å². The van der Waals surface area contributed by atoms with Gasteiger partial charge in [0.15, 0.2) is 0 Å². The van der Waals surface area contributed by atoms with Crippen LogP contribution in [0, 0.1) is 0 Å². The second kappa shape index (κ2) is 6.57. The predicted molar refractivity (Wildman–Crippen MR) is 46.6 cm³/mol. The third-order valence-corrected chi connectivity index (χ3v) is 2.36. The lowest BCUT2D eigenvalue weighted by Gasteiger charge is -2.11. The molecule has 0 atom stereocenters. The quantitative estimate of drug-likeness (QED) is 0.514. The number of hydrogen-bond acceptors (Lipinski definition) is 5. The fourth-order valence-corrected chi connectivity index (χ4v) is 1.48. The Kier molecular flexibility index (Phi) is 5.56. The van der Waals surface area contributed by atoms with Crippen LogP contribution < -0.4 is 10.6 Å². The zero-order valence-electron chi connectivity index (χ0n) is 6.97. The van der Waals surface area contributed by atoms with E-state index < -0.39 is 8.25 Å². The topological polar surface area (TPSA) is 59.6 Å². The normalized spacial score (nSPS) is 24.7. The van der Waals surface area contributed by atoms with Crippen molar-refractivity contribution in [2.45, 2.75) is 0 Å². The van der Waals surface area contributed by atoms with Crippen LogP contribution >= 0.6 is 8.25 Å². The van der Waals surface area contributed by atoms with E-state index in [2.05, 4.69) is 19.7 Å². The van der Waals surface area contributed by atoms with Gasteiger partial charge in [0, 0.05) is 26.2 Å². The highest BCUT2D eigenvalue weighted by atomic mass is 31.1. The average molecular weight is 194 g/mol. The van der Waals surface area contributed by atoms with Gasteiger partial charge in [-0.2, -0.15) is 0 Å². The lowest BCUT2D eigenvalue weighted by molar-refractivity contribution is 0.365. The molecule has 2 N–H and O–H groups in total. The molecule has 6 heteroatoms. The lowest BCUT2D eigenvalue weighted by Crippen LogP contribution is -2.39. The molecule has 0 amide bonds. The largest absolute Gasteiger partial charge is 0.319 e. The fraction of sp³-hybridized carbons (Fsp3) is 1.00. The molecule has 72 valence electrons. The Balaban J connectivity index is 0.000000120. The first-order chi connectivity index (χ1) is 5.89. The molecule has 0 saturated carbocycles. The standard InChI is InChI=1S/C4H10N2.C2H5O3P/c1-2-6-4-3-5-1;3-6-4-1-2-5-6/h5-6H,1-4H2;6H,1-2H2. The Bertz CT molecular complexity index is 121. The third kappa shape index (κ3) is 4.85. The summed E-state index contributed by atoms with van der Waals surface area (Å²) < 4.78 is 18.9. The fourth-order valence-electron chi connectivity index (χ4n) is 0.895. The first-order valence-electron chi connectivity index (χ1n) is 4.10. The van der Waals surface area contributed by atoms with Gasteiger partial charge in [-0.15, -0.1) is 0 Å². The summed E-state index contributed by atoms with van der Waals surface area (Å²) in [7, 11) is -2.01. The van der Waals surface area contributed by atoms with Crippen LogP contribution in [0.25, 0.3) is 0 Å². The molecule has 0 unspecified atom stereocenters. The highest BCUT2D eigenvalue weighted by Crippen LogP contribution is 2.27. The van der Waals surface area contributed by atoms with Crippen LogP contribution in [-0.4, -0.2) is 39.4 Å². The van der Waals surface area contributed by atoms with E-state index in [9.17, 15) is 4.57 Å². The van der Waals surface area contributed by atoms with Crippen molar-refractivity contribution in [3.63, 3.8) is 0 Å². The molecule has 12 heavy (non-hydrogen) atoms. The number of nitrogens with one attached hydrogen (secondary N) is 2. The molecule has 2 saturated heterocycles. The van der Waals surface area contributed by atoms with Gasteiger partial charge in [0.05, 0.1) is 13.2 Å². The van der Waals surface area contributed by atoms with Gasteiger partial charge in [0.1, 0.15) is 0 Å². The van der Waals surface area contributed by atoms with Crippen molar-refractivity contribution in [2.24, 2.45) is 0 Å². The Morgan fingerprint density at radius 3 is 1.50 bits per heavy atom. The van der Waals surface area contributed by atoms with Crippen molar-refractivity contribution in [3.05, 3.63) is 0 Å². The Labute approximate surface area is 72.8 Å². The molecule has 0 radical (unpaired) electrons. The molecule has 2 rings (SSSR count). The van der Waals surface area contributed by atoms with Gasteiger partial charge >= 0.3 is 8.25 Å². The zero-order valence-corrected chi connectivity index (χ0v) is 7.97. The van der Waals surface area contributed by atoms with Crippen molar-refractivity contribution in [2.75, 3.05) is 39.4 Å². The number of rotatable bonds is 0. The van der Waals surface area contributed by atoms with Crippen molar-refractivity contribution < 1.29 is 13.6 Å². The zero-order chi connectivity index (χ0) is 8.65. The Hall–Kier alpha value is 0.0700. The molecule has 2 heterocycles. The first kappa shape index (κ1) is 10.2. The lowest BCUT2D eigenvalue weighted by atomic mass is 10.4. The summed E-state index contributed by atoms with van der Waals surface area (Å²) in [5.74, 6) is 0. The first-order valence-corrected chi connectivity index (χ1v) is 5.33. The molecular formula is C6H15N2O3P.